The van der Waals surface area contributed by atoms with Crippen molar-refractivity contribution >= 4 is 21.8 Å². The highest BCUT2D eigenvalue weighted by Gasteiger charge is 2.09. The molecule has 0 aliphatic carbocycles. The van der Waals surface area contributed by atoms with Crippen LogP contribution in [-0.4, -0.2) is 34.7 Å². The third-order valence-electron chi connectivity index (χ3n) is 1.90. The Morgan fingerprint density at radius 3 is 2.71 bits per heavy atom. The maximum absolute atomic E-state index is 11.7. The Morgan fingerprint density at radius 1 is 1.50 bits per heavy atom. The number of pyridine rings is 1. The molecule has 1 rings (SSSR count). The van der Waals surface area contributed by atoms with Gasteiger partial charge in [-0.05, 0) is 18.6 Å². The summed E-state index contributed by atoms with van der Waals surface area (Å²) in [6, 6.07) is 3.46. The van der Waals surface area contributed by atoms with Crippen molar-refractivity contribution < 1.29 is 4.79 Å². The third kappa shape index (κ3) is 3.10. The Balaban J connectivity index is 2.57. The number of hydrogen-bond donors (Lipinski definition) is 0. The van der Waals surface area contributed by atoms with Gasteiger partial charge in [0.2, 0.25) is 0 Å². The van der Waals surface area contributed by atoms with Crippen molar-refractivity contribution in [1.82, 2.24) is 9.88 Å². The van der Waals surface area contributed by atoms with Crippen LogP contribution in [0.3, 0.4) is 0 Å². The number of hydrogen-bond acceptors (Lipinski definition) is 2. The second-order valence-corrected chi connectivity index (χ2v) is 3.80. The molecule has 1 heterocycles. The van der Waals surface area contributed by atoms with Gasteiger partial charge in [0.05, 0.1) is 0 Å². The molecule has 0 saturated carbocycles. The fraction of sp³-hybridized carbons (Fsp3) is 0.400. The van der Waals surface area contributed by atoms with Crippen molar-refractivity contribution in [2.75, 3.05) is 18.9 Å². The molecule has 0 unspecified atom stereocenters. The minimum absolute atomic E-state index is 0.0494. The van der Waals surface area contributed by atoms with E-state index in [2.05, 4.69) is 20.9 Å². The summed E-state index contributed by atoms with van der Waals surface area (Å²) in [7, 11) is 1.81. The SMILES string of the molecule is CN(CCCBr)C(=O)c1ccncc1. The lowest BCUT2D eigenvalue weighted by Crippen LogP contribution is -2.27. The second-order valence-electron chi connectivity index (χ2n) is 3.01. The number of alkyl halides is 1. The molecule has 0 atom stereocenters. The first-order valence-corrected chi connectivity index (χ1v) is 5.59. The van der Waals surface area contributed by atoms with Gasteiger partial charge in [0, 0.05) is 36.9 Å². The first kappa shape index (κ1) is 11.2. The molecule has 0 N–H and O–H groups in total. The molecule has 1 aromatic heterocycles. The Kier molecular flexibility index (Phi) is 4.59. The van der Waals surface area contributed by atoms with Crippen LogP contribution in [0.2, 0.25) is 0 Å². The molecule has 1 amide bonds. The van der Waals surface area contributed by atoms with E-state index in [4.69, 9.17) is 0 Å². The van der Waals surface area contributed by atoms with Gasteiger partial charge in [-0.25, -0.2) is 0 Å². The topological polar surface area (TPSA) is 33.2 Å². The average Bonchev–Trinajstić information content (AvgIpc) is 2.26. The standard InChI is InChI=1S/C10H13BrN2O/c1-13(8-2-5-11)10(14)9-3-6-12-7-4-9/h3-4,6-7H,2,5,8H2,1H3. The molecule has 0 aromatic carbocycles. The Bertz CT molecular complexity index is 289. The van der Waals surface area contributed by atoms with Crippen LogP contribution in [0.5, 0.6) is 0 Å². The molecule has 0 bridgehead atoms. The number of amides is 1. The van der Waals surface area contributed by atoms with E-state index >= 15 is 0 Å². The van der Waals surface area contributed by atoms with Gasteiger partial charge >= 0.3 is 0 Å². The fourth-order valence-electron chi connectivity index (χ4n) is 1.11. The number of nitrogens with zero attached hydrogens (tertiary/aromatic N) is 2. The van der Waals surface area contributed by atoms with E-state index < -0.39 is 0 Å². The summed E-state index contributed by atoms with van der Waals surface area (Å²) in [6.07, 6.45) is 4.23. The smallest absolute Gasteiger partial charge is 0.253 e. The molecule has 14 heavy (non-hydrogen) atoms. The number of halogens is 1. The van der Waals surface area contributed by atoms with Gasteiger partial charge in [-0.2, -0.15) is 0 Å². The highest BCUT2D eigenvalue weighted by molar-refractivity contribution is 9.09. The summed E-state index contributed by atoms with van der Waals surface area (Å²) in [5, 5.41) is 0.918. The fourth-order valence-corrected chi connectivity index (χ4v) is 1.36. The van der Waals surface area contributed by atoms with Crippen molar-refractivity contribution in [3.8, 4) is 0 Å². The molecule has 0 saturated heterocycles. The van der Waals surface area contributed by atoms with Crippen LogP contribution < -0.4 is 0 Å². The Labute approximate surface area is 92.3 Å². The molecule has 0 aliphatic heterocycles. The minimum atomic E-state index is 0.0494. The average molecular weight is 257 g/mol. The lowest BCUT2D eigenvalue weighted by molar-refractivity contribution is 0.0795. The van der Waals surface area contributed by atoms with Gasteiger partial charge in [-0.15, -0.1) is 0 Å². The summed E-state index contributed by atoms with van der Waals surface area (Å²) in [4.78, 5) is 17.3. The number of carbonyl (C=O) groups is 1. The molecule has 0 aliphatic rings. The summed E-state index contributed by atoms with van der Waals surface area (Å²) in [5.74, 6) is 0.0494. The van der Waals surface area contributed by atoms with Crippen LogP contribution in [0.4, 0.5) is 0 Å². The summed E-state index contributed by atoms with van der Waals surface area (Å²) >= 11 is 3.34. The molecule has 4 heteroatoms. The number of rotatable bonds is 4. The van der Waals surface area contributed by atoms with E-state index in [1.165, 1.54) is 0 Å². The van der Waals surface area contributed by atoms with Gasteiger partial charge < -0.3 is 4.90 Å². The molecule has 0 fully saturated rings. The number of aromatic nitrogens is 1. The maximum Gasteiger partial charge on any atom is 0.253 e. The zero-order chi connectivity index (χ0) is 10.4. The second kappa shape index (κ2) is 5.75. The first-order chi connectivity index (χ1) is 6.75. The molecular weight excluding hydrogens is 244 g/mol. The van der Waals surface area contributed by atoms with Crippen LogP contribution in [0.15, 0.2) is 24.5 Å². The Hall–Kier alpha value is -0.900. The molecular formula is C10H13BrN2O. The molecule has 76 valence electrons. The normalized spacial score (nSPS) is 9.86. The van der Waals surface area contributed by atoms with Gasteiger partial charge in [0.25, 0.3) is 5.91 Å². The van der Waals surface area contributed by atoms with E-state index in [1.54, 1.807) is 29.4 Å². The quantitative estimate of drug-likeness (QED) is 0.772. The predicted octanol–water partition coefficient (Wildman–Crippen LogP) is 1.94. The summed E-state index contributed by atoms with van der Waals surface area (Å²) < 4.78 is 0. The van der Waals surface area contributed by atoms with Crippen LogP contribution in [-0.2, 0) is 0 Å². The van der Waals surface area contributed by atoms with Gasteiger partial charge in [0.1, 0.15) is 0 Å². The predicted molar refractivity (Wildman–Crippen MR) is 59.6 cm³/mol. The first-order valence-electron chi connectivity index (χ1n) is 4.47. The molecule has 0 spiro atoms. The van der Waals surface area contributed by atoms with E-state index in [9.17, 15) is 4.79 Å². The lowest BCUT2D eigenvalue weighted by Gasteiger charge is -2.16. The van der Waals surface area contributed by atoms with Gasteiger partial charge in [0.15, 0.2) is 0 Å². The summed E-state index contributed by atoms with van der Waals surface area (Å²) in [5.41, 5.74) is 0.692. The molecule has 1 aromatic rings. The van der Waals surface area contributed by atoms with Crippen molar-refractivity contribution in [2.24, 2.45) is 0 Å². The molecule has 3 nitrogen and oxygen atoms in total. The highest BCUT2D eigenvalue weighted by atomic mass is 79.9. The van der Waals surface area contributed by atoms with E-state index in [0.717, 1.165) is 18.3 Å². The highest BCUT2D eigenvalue weighted by Crippen LogP contribution is 2.02. The largest absolute Gasteiger partial charge is 0.342 e. The monoisotopic (exact) mass is 256 g/mol. The molecule has 0 radical (unpaired) electrons. The van der Waals surface area contributed by atoms with Crippen molar-refractivity contribution in [1.29, 1.82) is 0 Å². The number of carbonyl (C=O) groups excluding carboxylic acids is 1. The van der Waals surface area contributed by atoms with E-state index in [-0.39, 0.29) is 5.91 Å². The third-order valence-corrected chi connectivity index (χ3v) is 2.46. The van der Waals surface area contributed by atoms with Gasteiger partial charge in [-0.1, -0.05) is 15.9 Å². The van der Waals surface area contributed by atoms with Crippen LogP contribution in [0.1, 0.15) is 16.8 Å². The van der Waals surface area contributed by atoms with Crippen molar-refractivity contribution in [2.45, 2.75) is 6.42 Å². The van der Waals surface area contributed by atoms with Crippen LogP contribution >= 0.6 is 15.9 Å². The van der Waals surface area contributed by atoms with Crippen LogP contribution in [0, 0.1) is 0 Å². The van der Waals surface area contributed by atoms with E-state index in [0.29, 0.717) is 5.56 Å². The minimum Gasteiger partial charge on any atom is -0.342 e. The zero-order valence-corrected chi connectivity index (χ0v) is 9.70. The van der Waals surface area contributed by atoms with Crippen molar-refractivity contribution in [3.05, 3.63) is 30.1 Å². The van der Waals surface area contributed by atoms with E-state index in [1.807, 2.05) is 7.05 Å². The zero-order valence-electron chi connectivity index (χ0n) is 8.11. The lowest BCUT2D eigenvalue weighted by atomic mass is 10.2. The summed E-state index contributed by atoms with van der Waals surface area (Å²) in [6.45, 7) is 0.770. The Morgan fingerprint density at radius 2 is 2.14 bits per heavy atom. The maximum atomic E-state index is 11.7. The van der Waals surface area contributed by atoms with Crippen molar-refractivity contribution in [3.63, 3.8) is 0 Å². The van der Waals surface area contributed by atoms with Crippen LogP contribution in [0.25, 0.3) is 0 Å². The van der Waals surface area contributed by atoms with Gasteiger partial charge in [-0.3, -0.25) is 9.78 Å².